The quantitative estimate of drug-likeness (QED) is 0.422. The maximum atomic E-state index is 9.07. The Morgan fingerprint density at radius 1 is 0.767 bits per heavy atom. The largest absolute Gasteiger partial charge is 0.396 e. The summed E-state index contributed by atoms with van der Waals surface area (Å²) in [5, 5.41) is 9.07. The molecule has 0 bridgehead atoms. The maximum absolute atomic E-state index is 9.07. The molecule has 0 spiro atoms. The van der Waals surface area contributed by atoms with Crippen LogP contribution >= 0.6 is 0 Å². The first-order chi connectivity index (χ1) is 14.4. The Labute approximate surface area is 188 Å². The number of hydrogen-bond acceptors (Lipinski definition) is 1. The average Bonchev–Trinajstić information content (AvgIpc) is 3.09. The van der Waals surface area contributed by atoms with E-state index in [1.165, 1.54) is 64.2 Å². The summed E-state index contributed by atoms with van der Waals surface area (Å²) in [6.45, 7) is 10.8. The second-order valence-corrected chi connectivity index (χ2v) is 13.0. The van der Waals surface area contributed by atoms with Crippen LogP contribution in [0.25, 0.3) is 0 Å². The lowest BCUT2D eigenvalue weighted by atomic mass is 9.44. The van der Waals surface area contributed by atoms with Gasteiger partial charge in [-0.05, 0) is 116 Å². The molecule has 0 aromatic heterocycles. The van der Waals surface area contributed by atoms with Crippen LogP contribution < -0.4 is 0 Å². The van der Waals surface area contributed by atoms with Crippen LogP contribution in [0.3, 0.4) is 0 Å². The minimum Gasteiger partial charge on any atom is -0.396 e. The Morgan fingerprint density at radius 3 is 2.33 bits per heavy atom. The Bertz CT molecular complexity index is 557. The van der Waals surface area contributed by atoms with Gasteiger partial charge in [0.2, 0.25) is 0 Å². The summed E-state index contributed by atoms with van der Waals surface area (Å²) < 4.78 is 0. The van der Waals surface area contributed by atoms with Crippen LogP contribution in [0.1, 0.15) is 124 Å². The average molecular weight is 417 g/mol. The van der Waals surface area contributed by atoms with E-state index >= 15 is 0 Å². The highest BCUT2D eigenvalue weighted by atomic mass is 16.2. The molecule has 4 aliphatic carbocycles. The summed E-state index contributed by atoms with van der Waals surface area (Å²) >= 11 is 0. The van der Waals surface area contributed by atoms with E-state index in [-0.39, 0.29) is 0 Å². The third kappa shape index (κ3) is 4.15. The molecule has 0 saturated heterocycles. The van der Waals surface area contributed by atoms with E-state index < -0.39 is 0 Å². The summed E-state index contributed by atoms with van der Waals surface area (Å²) in [4.78, 5) is 0. The van der Waals surface area contributed by atoms with E-state index in [0.717, 1.165) is 47.8 Å². The normalized spacial score (nSPS) is 45.3. The predicted octanol–water partition coefficient (Wildman–Crippen LogP) is 8.25. The molecular formula is C29H52O. The van der Waals surface area contributed by atoms with Crippen molar-refractivity contribution in [1.82, 2.24) is 0 Å². The fourth-order valence-corrected chi connectivity index (χ4v) is 9.84. The van der Waals surface area contributed by atoms with Crippen molar-refractivity contribution in [2.24, 2.45) is 52.3 Å². The highest BCUT2D eigenvalue weighted by Gasteiger charge is 2.59. The lowest BCUT2D eigenvalue weighted by Crippen LogP contribution is -2.53. The van der Waals surface area contributed by atoms with Crippen molar-refractivity contribution in [2.45, 2.75) is 124 Å². The van der Waals surface area contributed by atoms with Crippen LogP contribution in [0.4, 0.5) is 0 Å². The number of hydrogen-bond donors (Lipinski definition) is 1. The molecule has 4 saturated carbocycles. The van der Waals surface area contributed by atoms with Gasteiger partial charge < -0.3 is 5.11 Å². The summed E-state index contributed by atoms with van der Waals surface area (Å²) in [7, 11) is 0. The van der Waals surface area contributed by atoms with Gasteiger partial charge in [0.15, 0.2) is 0 Å². The van der Waals surface area contributed by atoms with Crippen molar-refractivity contribution < 1.29 is 5.11 Å². The van der Waals surface area contributed by atoms with Crippen molar-refractivity contribution in [2.75, 3.05) is 6.61 Å². The predicted molar refractivity (Wildman–Crippen MR) is 128 cm³/mol. The Balaban J connectivity index is 1.36. The van der Waals surface area contributed by atoms with E-state index in [0.29, 0.717) is 17.4 Å². The summed E-state index contributed by atoms with van der Waals surface area (Å²) in [5.41, 5.74) is 1.33. The minimum atomic E-state index is 0.366. The number of aliphatic hydroxyl groups excluding tert-OH is 1. The van der Waals surface area contributed by atoms with E-state index in [9.17, 15) is 0 Å². The van der Waals surface area contributed by atoms with E-state index in [4.69, 9.17) is 5.11 Å². The molecule has 0 aliphatic heterocycles. The maximum Gasteiger partial charge on any atom is 0.0431 e. The van der Waals surface area contributed by atoms with E-state index in [1.807, 2.05) is 0 Å². The first-order valence-corrected chi connectivity index (χ1v) is 14.0. The van der Waals surface area contributed by atoms with Gasteiger partial charge in [0.05, 0.1) is 0 Å². The molecule has 1 nitrogen and oxygen atoms in total. The van der Waals surface area contributed by atoms with Gasteiger partial charge in [-0.15, -0.1) is 0 Å². The molecular weight excluding hydrogens is 364 g/mol. The van der Waals surface area contributed by atoms with Gasteiger partial charge in [-0.25, -0.2) is 0 Å². The molecule has 1 unspecified atom stereocenters. The zero-order valence-electron chi connectivity index (χ0n) is 20.8. The van der Waals surface area contributed by atoms with Gasteiger partial charge in [-0.1, -0.05) is 59.8 Å². The molecule has 1 heteroatoms. The number of aliphatic hydroxyl groups is 1. The lowest BCUT2D eigenvalue weighted by molar-refractivity contribution is -0.114. The van der Waals surface area contributed by atoms with Gasteiger partial charge >= 0.3 is 0 Å². The number of rotatable bonds is 8. The molecule has 0 radical (unpaired) electrons. The Kier molecular flexibility index (Phi) is 7.28. The molecule has 0 aromatic rings. The third-order valence-electron chi connectivity index (χ3n) is 11.6. The van der Waals surface area contributed by atoms with Crippen LogP contribution in [0.2, 0.25) is 0 Å². The van der Waals surface area contributed by atoms with Gasteiger partial charge in [0.1, 0.15) is 0 Å². The zero-order chi connectivity index (χ0) is 21.4. The molecule has 174 valence electrons. The summed E-state index contributed by atoms with van der Waals surface area (Å²) in [5.74, 6) is 6.87. The van der Waals surface area contributed by atoms with Crippen molar-refractivity contribution in [1.29, 1.82) is 0 Å². The molecule has 4 aliphatic rings. The molecule has 0 amide bonds. The van der Waals surface area contributed by atoms with Gasteiger partial charge in [0.25, 0.3) is 0 Å². The molecule has 4 rings (SSSR count). The van der Waals surface area contributed by atoms with Crippen molar-refractivity contribution >= 4 is 0 Å². The summed E-state index contributed by atoms with van der Waals surface area (Å²) in [6, 6.07) is 0. The SMILES string of the molecule is CC(CCCO)CCC[C@@H](C)[C@H]1CC[C@H]2[C@@H]3CC[C@H]4CCCC[C@]4(C)[C@H]3CC[C@]12C. The fraction of sp³-hybridized carbons (Fsp3) is 1.00. The minimum absolute atomic E-state index is 0.366. The van der Waals surface area contributed by atoms with E-state index in [2.05, 4.69) is 27.7 Å². The lowest BCUT2D eigenvalue weighted by Gasteiger charge is -2.61. The van der Waals surface area contributed by atoms with Crippen LogP contribution in [0, 0.1) is 52.3 Å². The molecule has 30 heavy (non-hydrogen) atoms. The van der Waals surface area contributed by atoms with Crippen LogP contribution in [0.15, 0.2) is 0 Å². The second-order valence-electron chi connectivity index (χ2n) is 13.0. The highest BCUT2D eigenvalue weighted by molar-refractivity contribution is 5.09. The van der Waals surface area contributed by atoms with Crippen molar-refractivity contribution in [3.63, 3.8) is 0 Å². The topological polar surface area (TPSA) is 20.2 Å². The van der Waals surface area contributed by atoms with Crippen molar-refractivity contribution in [3.05, 3.63) is 0 Å². The Morgan fingerprint density at radius 2 is 1.53 bits per heavy atom. The molecule has 1 N–H and O–H groups in total. The van der Waals surface area contributed by atoms with Crippen molar-refractivity contribution in [3.8, 4) is 0 Å². The monoisotopic (exact) mass is 416 g/mol. The smallest absolute Gasteiger partial charge is 0.0431 e. The van der Waals surface area contributed by atoms with E-state index in [1.54, 1.807) is 25.7 Å². The van der Waals surface area contributed by atoms with Gasteiger partial charge in [0, 0.05) is 6.61 Å². The highest BCUT2D eigenvalue weighted by Crippen LogP contribution is 2.68. The van der Waals surface area contributed by atoms with Crippen LogP contribution in [0.5, 0.6) is 0 Å². The molecule has 0 aromatic carbocycles. The van der Waals surface area contributed by atoms with Crippen LogP contribution in [-0.2, 0) is 0 Å². The molecule has 9 atom stereocenters. The molecule has 0 heterocycles. The van der Waals surface area contributed by atoms with Gasteiger partial charge in [-0.2, -0.15) is 0 Å². The third-order valence-corrected chi connectivity index (χ3v) is 11.6. The fourth-order valence-electron chi connectivity index (χ4n) is 9.84. The first-order valence-electron chi connectivity index (χ1n) is 14.0. The molecule has 4 fully saturated rings. The van der Waals surface area contributed by atoms with Crippen LogP contribution in [-0.4, -0.2) is 11.7 Å². The first kappa shape index (κ1) is 23.1. The van der Waals surface area contributed by atoms with Gasteiger partial charge in [-0.3, -0.25) is 0 Å². The Hall–Kier alpha value is -0.0400. The second kappa shape index (κ2) is 9.44. The zero-order valence-corrected chi connectivity index (χ0v) is 20.8. The standard InChI is InChI=1S/C29H52O/c1-21(10-8-20-30)9-7-11-22(2)25-15-16-26-24-14-13-23-12-5-6-18-28(23,3)27(24)17-19-29(25,26)4/h21-27,30H,5-20H2,1-4H3/t21?,22-,23-,24+,25-,26+,27+,28+,29-/m1/s1. The summed E-state index contributed by atoms with van der Waals surface area (Å²) in [6.07, 6.45) is 21.7. The number of fused-ring (bicyclic) bond motifs is 5.